The average molecular weight is 452 g/mol. The van der Waals surface area contributed by atoms with E-state index in [9.17, 15) is 9.59 Å². The average Bonchev–Trinajstić information content (AvgIpc) is 3.16. The summed E-state index contributed by atoms with van der Waals surface area (Å²) in [4.78, 5) is 30.5. The highest BCUT2D eigenvalue weighted by atomic mass is 16.5. The SMILES string of the molecule is CCOC(=O)[C@H]1C(=O)Nc2nc3ccccc3n2[C@@H]1c1ccc(OCCC(C)C)c(OC)c1. The zero-order valence-corrected chi connectivity index (χ0v) is 19.3. The van der Waals surface area contributed by atoms with Gasteiger partial charge in [0.1, 0.15) is 0 Å². The summed E-state index contributed by atoms with van der Waals surface area (Å²) >= 11 is 0. The van der Waals surface area contributed by atoms with Gasteiger partial charge in [0, 0.05) is 0 Å². The van der Waals surface area contributed by atoms with Crippen molar-refractivity contribution in [3.8, 4) is 11.5 Å². The van der Waals surface area contributed by atoms with Gasteiger partial charge in [0.05, 0.1) is 37.4 Å². The van der Waals surface area contributed by atoms with Gasteiger partial charge >= 0.3 is 5.97 Å². The zero-order chi connectivity index (χ0) is 23.5. The Labute approximate surface area is 192 Å². The van der Waals surface area contributed by atoms with E-state index in [0.29, 0.717) is 30.0 Å². The topological polar surface area (TPSA) is 91.7 Å². The molecule has 1 N–H and O–H groups in total. The Hall–Kier alpha value is -3.55. The van der Waals surface area contributed by atoms with Crippen molar-refractivity contribution in [3.63, 3.8) is 0 Å². The minimum atomic E-state index is -1.08. The Kier molecular flexibility index (Phi) is 6.53. The lowest BCUT2D eigenvalue weighted by Crippen LogP contribution is -2.43. The fourth-order valence-corrected chi connectivity index (χ4v) is 4.10. The minimum Gasteiger partial charge on any atom is -0.493 e. The fraction of sp³-hybridized carbons (Fsp3) is 0.400. The van der Waals surface area contributed by atoms with Crippen LogP contribution in [0.5, 0.6) is 11.5 Å². The maximum absolute atomic E-state index is 13.0. The van der Waals surface area contributed by atoms with Gasteiger partial charge in [-0.25, -0.2) is 4.98 Å². The number of aromatic nitrogens is 2. The molecule has 174 valence electrons. The second-order valence-corrected chi connectivity index (χ2v) is 8.40. The van der Waals surface area contributed by atoms with Crippen LogP contribution in [0.1, 0.15) is 38.8 Å². The number of methoxy groups -OCH3 is 1. The number of rotatable bonds is 8. The van der Waals surface area contributed by atoms with Crippen LogP contribution in [0, 0.1) is 11.8 Å². The molecule has 4 rings (SSSR count). The maximum Gasteiger partial charge on any atom is 0.321 e. The first kappa shape index (κ1) is 22.6. The summed E-state index contributed by atoms with van der Waals surface area (Å²) in [6.45, 7) is 6.75. The Morgan fingerprint density at radius 1 is 1.18 bits per heavy atom. The number of anilines is 1. The van der Waals surface area contributed by atoms with Crippen molar-refractivity contribution in [1.82, 2.24) is 9.55 Å². The lowest BCUT2D eigenvalue weighted by molar-refractivity contribution is -0.152. The van der Waals surface area contributed by atoms with Crippen LogP contribution in [0.2, 0.25) is 0 Å². The third-order valence-electron chi connectivity index (χ3n) is 5.73. The molecule has 0 saturated carbocycles. The molecule has 2 aromatic carbocycles. The second kappa shape index (κ2) is 9.52. The molecule has 8 heteroatoms. The first-order valence-electron chi connectivity index (χ1n) is 11.2. The predicted molar refractivity (Wildman–Crippen MR) is 125 cm³/mol. The molecule has 0 fully saturated rings. The van der Waals surface area contributed by atoms with Crippen LogP contribution in [-0.2, 0) is 14.3 Å². The molecule has 0 radical (unpaired) electrons. The van der Waals surface area contributed by atoms with E-state index in [1.54, 1.807) is 14.0 Å². The Morgan fingerprint density at radius 2 is 1.97 bits per heavy atom. The standard InChI is InChI=1S/C25H29N3O5/c1-5-32-24(30)21-22(16-10-11-19(20(14-16)31-4)33-13-12-15(2)3)28-18-9-7-6-8-17(18)26-25(28)27-23(21)29/h6-11,14-15,21-22H,5,12-13H2,1-4H3,(H,26,27,29)/t21-,22-/m1/s1. The van der Waals surface area contributed by atoms with Gasteiger partial charge in [-0.15, -0.1) is 0 Å². The van der Waals surface area contributed by atoms with Gasteiger partial charge in [-0.2, -0.15) is 0 Å². The van der Waals surface area contributed by atoms with Gasteiger partial charge in [-0.1, -0.05) is 32.0 Å². The molecule has 0 unspecified atom stereocenters. The molecule has 0 bridgehead atoms. The second-order valence-electron chi connectivity index (χ2n) is 8.40. The maximum atomic E-state index is 13.0. The molecule has 0 aliphatic carbocycles. The highest BCUT2D eigenvalue weighted by molar-refractivity contribution is 6.07. The van der Waals surface area contributed by atoms with Gasteiger partial charge in [0.15, 0.2) is 17.4 Å². The zero-order valence-electron chi connectivity index (χ0n) is 19.3. The van der Waals surface area contributed by atoms with Gasteiger partial charge in [-0.05, 0) is 49.1 Å². The number of hydrogen-bond acceptors (Lipinski definition) is 6. The van der Waals surface area contributed by atoms with Gasteiger partial charge in [-0.3, -0.25) is 14.9 Å². The van der Waals surface area contributed by atoms with E-state index in [0.717, 1.165) is 23.0 Å². The molecule has 2 atom stereocenters. The predicted octanol–water partition coefficient (Wildman–Crippen LogP) is 4.19. The van der Waals surface area contributed by atoms with Crippen LogP contribution < -0.4 is 14.8 Å². The van der Waals surface area contributed by atoms with Crippen molar-refractivity contribution in [2.24, 2.45) is 11.8 Å². The summed E-state index contributed by atoms with van der Waals surface area (Å²) in [7, 11) is 1.57. The van der Waals surface area contributed by atoms with Crippen LogP contribution in [0.3, 0.4) is 0 Å². The Bertz CT molecular complexity index is 1170. The number of hydrogen-bond donors (Lipinski definition) is 1. The van der Waals surface area contributed by atoms with Gasteiger partial charge in [0.2, 0.25) is 11.9 Å². The van der Waals surface area contributed by atoms with Crippen molar-refractivity contribution in [2.45, 2.75) is 33.2 Å². The molecule has 2 heterocycles. The number of benzene rings is 2. The third kappa shape index (κ3) is 4.37. The van der Waals surface area contributed by atoms with Crippen LogP contribution in [0.15, 0.2) is 42.5 Å². The first-order chi connectivity index (χ1) is 15.9. The molecule has 8 nitrogen and oxygen atoms in total. The van der Waals surface area contributed by atoms with E-state index in [2.05, 4.69) is 24.1 Å². The molecule has 0 saturated heterocycles. The summed E-state index contributed by atoms with van der Waals surface area (Å²) in [6, 6.07) is 12.4. The lowest BCUT2D eigenvalue weighted by Gasteiger charge is -2.32. The number of imidazole rings is 1. The fourth-order valence-electron chi connectivity index (χ4n) is 4.10. The van der Waals surface area contributed by atoms with E-state index >= 15 is 0 Å². The summed E-state index contributed by atoms with van der Waals surface area (Å²) < 4.78 is 18.7. The number of para-hydroxylation sites is 2. The van der Waals surface area contributed by atoms with Crippen molar-refractivity contribution in [3.05, 3.63) is 48.0 Å². The Balaban J connectivity index is 1.82. The molecular weight excluding hydrogens is 422 g/mol. The molecule has 0 spiro atoms. The Morgan fingerprint density at radius 3 is 2.70 bits per heavy atom. The summed E-state index contributed by atoms with van der Waals surface area (Å²) in [5.41, 5.74) is 2.26. The number of nitrogens with one attached hydrogen (secondary N) is 1. The molecule has 1 aliphatic rings. The monoisotopic (exact) mass is 451 g/mol. The largest absolute Gasteiger partial charge is 0.493 e. The molecule has 3 aromatic rings. The number of carbonyl (C=O) groups excluding carboxylic acids is 2. The van der Waals surface area contributed by atoms with Crippen LogP contribution in [0.25, 0.3) is 11.0 Å². The summed E-state index contributed by atoms with van der Waals surface area (Å²) in [6.07, 6.45) is 0.920. The van der Waals surface area contributed by atoms with Crippen molar-refractivity contribution < 1.29 is 23.8 Å². The molecule has 1 aromatic heterocycles. The van der Waals surface area contributed by atoms with E-state index in [-0.39, 0.29) is 6.61 Å². The van der Waals surface area contributed by atoms with Crippen molar-refractivity contribution in [1.29, 1.82) is 0 Å². The number of fused-ring (bicyclic) bond motifs is 3. The highest BCUT2D eigenvalue weighted by Gasteiger charge is 2.44. The molecule has 1 amide bonds. The van der Waals surface area contributed by atoms with Crippen LogP contribution in [-0.4, -0.2) is 41.8 Å². The number of esters is 1. The van der Waals surface area contributed by atoms with Gasteiger partial charge in [0.25, 0.3) is 0 Å². The first-order valence-corrected chi connectivity index (χ1v) is 11.2. The van der Waals surface area contributed by atoms with E-state index in [4.69, 9.17) is 14.2 Å². The van der Waals surface area contributed by atoms with Crippen molar-refractivity contribution >= 4 is 28.9 Å². The minimum absolute atomic E-state index is 0.179. The number of amides is 1. The third-order valence-corrected chi connectivity index (χ3v) is 5.73. The molecular formula is C25H29N3O5. The summed E-state index contributed by atoms with van der Waals surface area (Å²) in [5, 5.41) is 2.77. The quantitative estimate of drug-likeness (QED) is 0.408. The smallest absolute Gasteiger partial charge is 0.321 e. The van der Waals surface area contributed by atoms with Crippen LogP contribution in [0.4, 0.5) is 5.95 Å². The number of carbonyl (C=O) groups is 2. The summed E-state index contributed by atoms with van der Waals surface area (Å²) in [5.74, 6) is -0.0386. The number of ether oxygens (including phenoxy) is 3. The van der Waals surface area contributed by atoms with E-state index < -0.39 is 23.8 Å². The van der Waals surface area contributed by atoms with Crippen LogP contribution >= 0.6 is 0 Å². The van der Waals surface area contributed by atoms with E-state index in [1.165, 1.54) is 0 Å². The normalized spacial score (nSPS) is 17.5. The molecule has 1 aliphatic heterocycles. The lowest BCUT2D eigenvalue weighted by atomic mass is 9.90. The highest BCUT2D eigenvalue weighted by Crippen LogP contribution is 2.41. The van der Waals surface area contributed by atoms with Gasteiger partial charge < -0.3 is 18.8 Å². The van der Waals surface area contributed by atoms with Crippen molar-refractivity contribution in [2.75, 3.05) is 25.6 Å². The molecule has 33 heavy (non-hydrogen) atoms. The number of nitrogens with zero attached hydrogens (tertiary/aromatic N) is 2. The van der Waals surface area contributed by atoms with E-state index in [1.807, 2.05) is 47.0 Å².